The monoisotopic (exact) mass is 466 g/mol. The molecule has 1 heterocycles. The van der Waals surface area contributed by atoms with E-state index in [-0.39, 0.29) is 0 Å². The fourth-order valence-corrected chi connectivity index (χ4v) is 12.9. The summed E-state index contributed by atoms with van der Waals surface area (Å²) in [6.07, 6.45) is 26.8. The quantitative estimate of drug-likeness (QED) is 0.505. The van der Waals surface area contributed by atoms with Gasteiger partial charge in [-0.15, -0.1) is 0 Å². The maximum atomic E-state index is 4.14. The third-order valence-electron chi connectivity index (χ3n) is 9.17. The SMILES string of the molecule is CC(C)[C@H]1NC2C(c3ccccc3)=CC=C[C@H]2N1[Si](C)(C)C1C2C=CC=CC2C2C=CC=CC21. The molecule has 7 atom stereocenters. The highest BCUT2D eigenvalue weighted by Crippen LogP contribution is 2.59. The Morgan fingerprint density at radius 3 is 1.94 bits per heavy atom. The van der Waals surface area contributed by atoms with Gasteiger partial charge in [0.15, 0.2) is 0 Å². The standard InChI is InChI=1S/C31H38N2Si/c1-21(2)31-32-29-23(22-13-6-5-7-14-22)19-12-20-28(29)33(31)34(3,4)30-26-17-10-8-15-24(26)25-16-9-11-18-27(25)30/h5-21,24-32H,1-4H3/t24?,25?,26?,27?,28-,29?,30?,31+/m1/s1. The summed E-state index contributed by atoms with van der Waals surface area (Å²) in [7, 11) is -1.90. The lowest BCUT2D eigenvalue weighted by Gasteiger charge is -2.49. The highest BCUT2D eigenvalue weighted by Gasteiger charge is 2.59. The first kappa shape index (κ1) is 22.3. The lowest BCUT2D eigenvalue weighted by atomic mass is 9.83. The predicted octanol–water partition coefficient (Wildman–Crippen LogP) is 6.57. The normalized spacial score (nSPS) is 38.2. The van der Waals surface area contributed by atoms with E-state index in [2.05, 4.69) is 134 Å². The minimum Gasteiger partial charge on any atom is -0.301 e. The van der Waals surface area contributed by atoms with E-state index in [4.69, 9.17) is 0 Å². The van der Waals surface area contributed by atoms with Crippen LogP contribution in [0.25, 0.3) is 5.57 Å². The molecule has 4 aliphatic carbocycles. The highest BCUT2D eigenvalue weighted by atomic mass is 28.3. The van der Waals surface area contributed by atoms with E-state index >= 15 is 0 Å². The predicted molar refractivity (Wildman–Crippen MR) is 146 cm³/mol. The van der Waals surface area contributed by atoms with Gasteiger partial charge in [0.1, 0.15) is 8.24 Å². The Morgan fingerprint density at radius 2 is 1.35 bits per heavy atom. The Hall–Kier alpha value is -2.20. The third-order valence-corrected chi connectivity index (χ3v) is 13.5. The first-order valence-electron chi connectivity index (χ1n) is 13.2. The molecule has 1 N–H and O–H groups in total. The summed E-state index contributed by atoms with van der Waals surface area (Å²) in [5, 5.41) is 4.14. The summed E-state index contributed by atoms with van der Waals surface area (Å²) in [5.41, 5.74) is 3.49. The van der Waals surface area contributed by atoms with E-state index in [0.29, 0.717) is 53.4 Å². The van der Waals surface area contributed by atoms with Crippen LogP contribution in [0.1, 0.15) is 19.4 Å². The van der Waals surface area contributed by atoms with Crippen molar-refractivity contribution in [2.75, 3.05) is 0 Å². The molecular formula is C31H38N2Si. The molecule has 0 aromatic heterocycles. The Bertz CT molecular complexity index is 1070. The number of nitrogens with one attached hydrogen (secondary N) is 1. The van der Waals surface area contributed by atoms with E-state index in [1.807, 2.05) is 0 Å². The van der Waals surface area contributed by atoms with Crippen molar-refractivity contribution in [3.63, 3.8) is 0 Å². The van der Waals surface area contributed by atoms with Gasteiger partial charge in [-0.2, -0.15) is 0 Å². The van der Waals surface area contributed by atoms with Crippen molar-refractivity contribution < 1.29 is 0 Å². The van der Waals surface area contributed by atoms with Gasteiger partial charge < -0.3 is 4.57 Å². The molecule has 0 amide bonds. The summed E-state index contributed by atoms with van der Waals surface area (Å²) >= 11 is 0. The Kier molecular flexibility index (Phi) is 5.55. The Morgan fingerprint density at radius 1 is 0.765 bits per heavy atom. The molecule has 3 heteroatoms. The van der Waals surface area contributed by atoms with Crippen molar-refractivity contribution in [3.8, 4) is 0 Å². The fraction of sp³-hybridized carbons (Fsp3) is 0.419. The van der Waals surface area contributed by atoms with Gasteiger partial charge in [0.2, 0.25) is 0 Å². The van der Waals surface area contributed by atoms with Crippen LogP contribution < -0.4 is 5.32 Å². The minimum absolute atomic E-state index is 0.350. The number of nitrogens with zero attached hydrogens (tertiary/aromatic N) is 1. The first-order chi connectivity index (χ1) is 16.5. The van der Waals surface area contributed by atoms with E-state index in [1.165, 1.54) is 11.1 Å². The number of hydrogen-bond acceptors (Lipinski definition) is 2. The maximum absolute atomic E-state index is 4.14. The molecule has 0 spiro atoms. The van der Waals surface area contributed by atoms with Gasteiger partial charge in [-0.1, -0.05) is 124 Å². The molecule has 1 aromatic rings. The molecule has 1 saturated heterocycles. The molecule has 2 nitrogen and oxygen atoms in total. The molecule has 1 saturated carbocycles. The zero-order valence-corrected chi connectivity index (χ0v) is 21.9. The fourth-order valence-electron chi connectivity index (χ4n) is 7.87. The van der Waals surface area contributed by atoms with Crippen LogP contribution in [-0.4, -0.2) is 31.1 Å². The molecule has 34 heavy (non-hydrogen) atoms. The van der Waals surface area contributed by atoms with Crippen LogP contribution >= 0.6 is 0 Å². The Labute approximate surface area is 206 Å². The zero-order chi connectivity index (χ0) is 23.4. The van der Waals surface area contributed by atoms with Crippen LogP contribution in [0.4, 0.5) is 0 Å². The molecule has 1 aromatic carbocycles. The number of allylic oxidation sites excluding steroid dienone is 10. The molecule has 0 bridgehead atoms. The van der Waals surface area contributed by atoms with Crippen LogP contribution in [0.15, 0.2) is 97.2 Å². The number of benzene rings is 1. The average Bonchev–Trinajstić information content (AvgIpc) is 3.42. The second-order valence-corrected chi connectivity index (χ2v) is 16.1. The maximum Gasteiger partial charge on any atom is 0.129 e. The molecule has 5 unspecified atom stereocenters. The topological polar surface area (TPSA) is 15.3 Å². The molecular weight excluding hydrogens is 428 g/mol. The molecule has 6 rings (SSSR count). The van der Waals surface area contributed by atoms with Gasteiger partial charge in [0.25, 0.3) is 0 Å². The van der Waals surface area contributed by atoms with Crippen LogP contribution in [0.2, 0.25) is 18.6 Å². The van der Waals surface area contributed by atoms with Crippen LogP contribution in [0.5, 0.6) is 0 Å². The third kappa shape index (κ3) is 3.36. The van der Waals surface area contributed by atoms with Gasteiger partial charge >= 0.3 is 0 Å². The molecule has 5 aliphatic rings. The van der Waals surface area contributed by atoms with Crippen molar-refractivity contribution in [1.29, 1.82) is 0 Å². The number of rotatable bonds is 4. The van der Waals surface area contributed by atoms with Crippen molar-refractivity contribution in [3.05, 3.63) is 103 Å². The van der Waals surface area contributed by atoms with Crippen LogP contribution in [-0.2, 0) is 0 Å². The lowest BCUT2D eigenvalue weighted by molar-refractivity contribution is 0.258. The second-order valence-electron chi connectivity index (χ2n) is 11.6. The van der Waals surface area contributed by atoms with E-state index in [9.17, 15) is 0 Å². The van der Waals surface area contributed by atoms with E-state index in [1.54, 1.807) is 0 Å². The second kappa shape index (κ2) is 8.48. The van der Waals surface area contributed by atoms with Gasteiger partial charge in [0.05, 0.1) is 12.2 Å². The lowest BCUT2D eigenvalue weighted by Crippen LogP contribution is -2.61. The van der Waals surface area contributed by atoms with Crippen molar-refractivity contribution in [2.45, 2.75) is 50.7 Å². The van der Waals surface area contributed by atoms with Crippen molar-refractivity contribution in [1.82, 2.24) is 9.88 Å². The van der Waals surface area contributed by atoms with Gasteiger partial charge in [-0.3, -0.25) is 5.32 Å². The molecule has 0 radical (unpaired) electrons. The summed E-state index contributed by atoms with van der Waals surface area (Å²) in [5.74, 6) is 3.10. The highest BCUT2D eigenvalue weighted by molar-refractivity contribution is 6.76. The van der Waals surface area contributed by atoms with Gasteiger partial charge in [-0.05, 0) is 46.3 Å². The average molecular weight is 467 g/mol. The van der Waals surface area contributed by atoms with Crippen molar-refractivity contribution >= 4 is 13.8 Å². The number of hydrogen-bond donors (Lipinski definition) is 1. The molecule has 2 fully saturated rings. The summed E-state index contributed by atoms with van der Waals surface area (Å²) in [4.78, 5) is 0. The number of fused-ring (bicyclic) bond motifs is 4. The first-order valence-corrected chi connectivity index (χ1v) is 16.2. The zero-order valence-electron chi connectivity index (χ0n) is 20.9. The summed E-state index contributed by atoms with van der Waals surface area (Å²) < 4.78 is 3.00. The van der Waals surface area contributed by atoms with Crippen molar-refractivity contribution in [2.24, 2.45) is 29.6 Å². The Balaban J connectivity index is 1.40. The largest absolute Gasteiger partial charge is 0.301 e. The summed E-state index contributed by atoms with van der Waals surface area (Å²) in [6.45, 7) is 10.1. The van der Waals surface area contributed by atoms with Gasteiger partial charge in [0, 0.05) is 6.04 Å². The minimum atomic E-state index is -1.90. The molecule has 1 aliphatic heterocycles. The smallest absolute Gasteiger partial charge is 0.129 e. The van der Waals surface area contributed by atoms with Crippen LogP contribution in [0, 0.1) is 29.6 Å². The van der Waals surface area contributed by atoms with E-state index in [0.717, 1.165) is 0 Å². The summed E-state index contributed by atoms with van der Waals surface area (Å²) in [6, 6.07) is 11.8. The van der Waals surface area contributed by atoms with Gasteiger partial charge in [-0.25, -0.2) is 0 Å². The van der Waals surface area contributed by atoms with Crippen LogP contribution in [0.3, 0.4) is 0 Å². The van der Waals surface area contributed by atoms with E-state index < -0.39 is 8.24 Å². The molecule has 176 valence electrons.